The minimum atomic E-state index is 0.858. The molecule has 1 fully saturated rings. The summed E-state index contributed by atoms with van der Waals surface area (Å²) in [6, 6.07) is 18.6. The van der Waals surface area contributed by atoms with Gasteiger partial charge < -0.3 is 19.9 Å². The Hall–Kier alpha value is -2.63. The summed E-state index contributed by atoms with van der Waals surface area (Å²) < 4.78 is 5.28. The lowest BCUT2D eigenvalue weighted by atomic mass is 10.1. The molecular weight excluding hydrogens is 360 g/mol. The van der Waals surface area contributed by atoms with E-state index < -0.39 is 0 Å². The number of hydrogen-bond donors (Lipinski definition) is 1. The van der Waals surface area contributed by atoms with E-state index in [4.69, 9.17) is 9.72 Å². The number of anilines is 1. The van der Waals surface area contributed by atoms with Gasteiger partial charge in [0, 0.05) is 49.4 Å². The Balaban J connectivity index is 1.47. The number of rotatable bonds is 7. The molecule has 0 atom stereocenters. The number of aromatic nitrogens is 1. The molecule has 152 valence electrons. The summed E-state index contributed by atoms with van der Waals surface area (Å²) in [4.78, 5) is 9.84. The molecule has 0 saturated carbocycles. The average molecular weight is 391 g/mol. The molecule has 1 N–H and O–H groups in total. The van der Waals surface area contributed by atoms with Crippen LogP contribution >= 0.6 is 0 Å². The number of nitrogens with one attached hydrogen (secondary N) is 1. The highest BCUT2D eigenvalue weighted by atomic mass is 16.5. The fourth-order valence-corrected chi connectivity index (χ4v) is 3.83. The molecule has 0 aliphatic carbocycles. The van der Waals surface area contributed by atoms with Gasteiger partial charge in [-0.25, -0.2) is 4.98 Å². The summed E-state index contributed by atoms with van der Waals surface area (Å²) in [6.45, 7) is 6.81. The van der Waals surface area contributed by atoms with Gasteiger partial charge in [-0.1, -0.05) is 18.2 Å². The number of para-hydroxylation sites is 1. The van der Waals surface area contributed by atoms with E-state index in [0.29, 0.717) is 0 Å². The van der Waals surface area contributed by atoms with Gasteiger partial charge in [-0.05, 0) is 56.4 Å². The first kappa shape index (κ1) is 19.7. The number of ether oxygens (including phenoxy) is 1. The van der Waals surface area contributed by atoms with E-state index >= 15 is 0 Å². The molecule has 3 aromatic rings. The molecule has 1 aliphatic heterocycles. The number of methoxy groups -OCH3 is 1. The van der Waals surface area contributed by atoms with Crippen molar-refractivity contribution < 1.29 is 4.74 Å². The number of nitrogens with zero attached hydrogens (tertiary/aromatic N) is 3. The summed E-state index contributed by atoms with van der Waals surface area (Å²) in [5, 5.41) is 4.84. The molecule has 2 aromatic carbocycles. The quantitative estimate of drug-likeness (QED) is 0.619. The van der Waals surface area contributed by atoms with Gasteiger partial charge in [0.15, 0.2) is 0 Å². The molecule has 0 bridgehead atoms. The Morgan fingerprint density at radius 3 is 2.52 bits per heavy atom. The molecule has 0 spiro atoms. The minimum absolute atomic E-state index is 0.858. The molecule has 0 amide bonds. The Labute approximate surface area is 173 Å². The van der Waals surface area contributed by atoms with Gasteiger partial charge in [-0.3, -0.25) is 0 Å². The molecule has 0 radical (unpaired) electrons. The minimum Gasteiger partial charge on any atom is -0.497 e. The SMILES string of the molecule is COc1ccc(-c2cc(NCCCN3CCN(C)CC3)c3ccccc3n2)cc1. The van der Waals surface area contributed by atoms with Crippen LogP contribution in [0.1, 0.15) is 6.42 Å². The smallest absolute Gasteiger partial charge is 0.118 e. The van der Waals surface area contributed by atoms with Gasteiger partial charge in [0.1, 0.15) is 5.75 Å². The average Bonchev–Trinajstić information content (AvgIpc) is 2.77. The second kappa shape index (κ2) is 9.25. The van der Waals surface area contributed by atoms with Gasteiger partial charge in [0.05, 0.1) is 18.3 Å². The highest BCUT2D eigenvalue weighted by molar-refractivity contribution is 5.93. The van der Waals surface area contributed by atoms with Crippen molar-refractivity contribution in [1.82, 2.24) is 14.8 Å². The zero-order valence-corrected chi connectivity index (χ0v) is 17.4. The third-order valence-corrected chi connectivity index (χ3v) is 5.66. The number of fused-ring (bicyclic) bond motifs is 1. The summed E-state index contributed by atoms with van der Waals surface area (Å²) in [5.41, 5.74) is 4.24. The standard InChI is InChI=1S/C24H30N4O/c1-27-14-16-28(17-15-27)13-5-12-25-24-18-23(19-8-10-20(29-2)11-9-19)26-22-7-4-3-6-21(22)24/h3-4,6-11,18H,5,12-17H2,1-2H3,(H,25,26). The van der Waals surface area contributed by atoms with E-state index in [-0.39, 0.29) is 0 Å². The van der Waals surface area contributed by atoms with Gasteiger partial charge in [-0.15, -0.1) is 0 Å². The Morgan fingerprint density at radius 1 is 1.00 bits per heavy atom. The first-order chi connectivity index (χ1) is 14.2. The number of likely N-dealkylation sites (N-methyl/N-ethyl adjacent to an activating group) is 1. The Bertz CT molecular complexity index is 933. The van der Waals surface area contributed by atoms with Crippen LogP contribution in [0.3, 0.4) is 0 Å². The molecule has 0 unspecified atom stereocenters. The molecule has 1 aromatic heterocycles. The van der Waals surface area contributed by atoms with Crippen molar-refractivity contribution in [3.8, 4) is 17.0 Å². The van der Waals surface area contributed by atoms with Crippen LogP contribution in [0, 0.1) is 0 Å². The summed E-state index contributed by atoms with van der Waals surface area (Å²) >= 11 is 0. The predicted octanol–water partition coefficient (Wildman–Crippen LogP) is 3.96. The van der Waals surface area contributed by atoms with Crippen molar-refractivity contribution in [1.29, 1.82) is 0 Å². The van der Waals surface area contributed by atoms with Crippen molar-refractivity contribution in [2.75, 3.05) is 58.7 Å². The lowest BCUT2D eigenvalue weighted by Crippen LogP contribution is -2.44. The van der Waals surface area contributed by atoms with Crippen LogP contribution in [0.5, 0.6) is 5.75 Å². The van der Waals surface area contributed by atoms with E-state index in [0.717, 1.165) is 47.7 Å². The van der Waals surface area contributed by atoms with E-state index in [9.17, 15) is 0 Å². The van der Waals surface area contributed by atoms with E-state index in [1.165, 1.54) is 31.6 Å². The van der Waals surface area contributed by atoms with Crippen LogP contribution in [0.2, 0.25) is 0 Å². The third kappa shape index (κ3) is 4.86. The summed E-state index contributed by atoms with van der Waals surface area (Å²) in [6.07, 6.45) is 1.14. The van der Waals surface area contributed by atoms with Crippen molar-refractivity contribution in [2.24, 2.45) is 0 Å². The maximum absolute atomic E-state index is 5.28. The van der Waals surface area contributed by atoms with Crippen molar-refractivity contribution >= 4 is 16.6 Å². The van der Waals surface area contributed by atoms with Crippen LogP contribution in [0.15, 0.2) is 54.6 Å². The number of piperazine rings is 1. The van der Waals surface area contributed by atoms with Gasteiger partial charge in [0.2, 0.25) is 0 Å². The van der Waals surface area contributed by atoms with Crippen LogP contribution in [-0.2, 0) is 0 Å². The molecule has 1 saturated heterocycles. The lowest BCUT2D eigenvalue weighted by Gasteiger charge is -2.32. The van der Waals surface area contributed by atoms with Crippen LogP contribution in [0.25, 0.3) is 22.2 Å². The number of pyridine rings is 1. The molecule has 5 nitrogen and oxygen atoms in total. The first-order valence-corrected chi connectivity index (χ1v) is 10.4. The van der Waals surface area contributed by atoms with Crippen LogP contribution < -0.4 is 10.1 Å². The van der Waals surface area contributed by atoms with E-state index in [1.54, 1.807) is 7.11 Å². The van der Waals surface area contributed by atoms with Crippen LogP contribution in [-0.4, -0.2) is 68.2 Å². The fraction of sp³-hybridized carbons (Fsp3) is 0.375. The van der Waals surface area contributed by atoms with Crippen molar-refractivity contribution in [3.63, 3.8) is 0 Å². The van der Waals surface area contributed by atoms with Gasteiger partial charge in [0.25, 0.3) is 0 Å². The highest BCUT2D eigenvalue weighted by Crippen LogP contribution is 2.29. The normalized spacial score (nSPS) is 15.5. The third-order valence-electron chi connectivity index (χ3n) is 5.66. The van der Waals surface area contributed by atoms with Crippen molar-refractivity contribution in [3.05, 3.63) is 54.6 Å². The van der Waals surface area contributed by atoms with Gasteiger partial charge >= 0.3 is 0 Å². The van der Waals surface area contributed by atoms with Crippen molar-refractivity contribution in [2.45, 2.75) is 6.42 Å². The molecule has 4 rings (SSSR count). The highest BCUT2D eigenvalue weighted by Gasteiger charge is 2.13. The van der Waals surface area contributed by atoms with E-state index in [1.807, 2.05) is 18.2 Å². The molecule has 1 aliphatic rings. The lowest BCUT2D eigenvalue weighted by molar-refractivity contribution is 0.154. The summed E-state index contributed by atoms with van der Waals surface area (Å²) in [7, 11) is 3.89. The maximum atomic E-state index is 5.28. The predicted molar refractivity (Wildman–Crippen MR) is 121 cm³/mol. The second-order valence-corrected chi connectivity index (χ2v) is 7.73. The topological polar surface area (TPSA) is 40.6 Å². The number of benzene rings is 2. The maximum Gasteiger partial charge on any atom is 0.118 e. The Kier molecular flexibility index (Phi) is 6.27. The second-order valence-electron chi connectivity index (χ2n) is 7.73. The summed E-state index contributed by atoms with van der Waals surface area (Å²) in [5.74, 6) is 0.858. The molecule has 2 heterocycles. The van der Waals surface area contributed by atoms with Crippen LogP contribution in [0.4, 0.5) is 5.69 Å². The largest absolute Gasteiger partial charge is 0.497 e. The van der Waals surface area contributed by atoms with Gasteiger partial charge in [-0.2, -0.15) is 0 Å². The first-order valence-electron chi connectivity index (χ1n) is 10.4. The Morgan fingerprint density at radius 2 is 1.76 bits per heavy atom. The number of hydrogen-bond acceptors (Lipinski definition) is 5. The molecular formula is C24H30N4O. The van der Waals surface area contributed by atoms with E-state index in [2.05, 4.69) is 58.6 Å². The zero-order valence-electron chi connectivity index (χ0n) is 17.4. The zero-order chi connectivity index (χ0) is 20.1. The fourth-order valence-electron chi connectivity index (χ4n) is 3.83. The molecule has 5 heteroatoms. The molecule has 29 heavy (non-hydrogen) atoms. The monoisotopic (exact) mass is 390 g/mol.